The zero-order chi connectivity index (χ0) is 25.1. The second kappa shape index (κ2) is 11.0. The molecule has 1 saturated carbocycles. The van der Waals surface area contributed by atoms with Crippen molar-refractivity contribution in [2.45, 2.75) is 61.9 Å². The van der Waals surface area contributed by atoms with Gasteiger partial charge in [0.25, 0.3) is 5.91 Å². The third-order valence-corrected chi connectivity index (χ3v) is 8.85. The lowest BCUT2D eigenvalue weighted by Gasteiger charge is -2.37. The molecule has 1 aromatic heterocycles. The van der Waals surface area contributed by atoms with Gasteiger partial charge >= 0.3 is 0 Å². The average molecular weight is 524 g/mol. The highest BCUT2D eigenvalue weighted by Crippen LogP contribution is 2.34. The van der Waals surface area contributed by atoms with Gasteiger partial charge in [-0.2, -0.15) is 0 Å². The fourth-order valence-corrected chi connectivity index (χ4v) is 7.04. The lowest BCUT2D eigenvalue weighted by atomic mass is 9.92. The van der Waals surface area contributed by atoms with Crippen LogP contribution in [0.5, 0.6) is 5.75 Å². The largest absolute Gasteiger partial charge is 0.494 e. The molecular weight excluding hydrogens is 494 g/mol. The Bertz CT molecular complexity index is 1260. The number of rotatable bonds is 8. The summed E-state index contributed by atoms with van der Waals surface area (Å²) in [5.41, 5.74) is 1.43. The number of imide groups is 1. The molecular formula is C27H29N3O4S2. The number of nitrogens with zero attached hydrogens (tertiary/aromatic N) is 3. The van der Waals surface area contributed by atoms with Gasteiger partial charge in [0, 0.05) is 6.04 Å². The predicted octanol–water partition coefficient (Wildman–Crippen LogP) is 5.28. The Labute approximate surface area is 218 Å². The number of fused-ring (bicyclic) bond motifs is 1. The molecule has 36 heavy (non-hydrogen) atoms. The van der Waals surface area contributed by atoms with E-state index in [0.717, 1.165) is 52.4 Å². The maximum absolute atomic E-state index is 13.6. The van der Waals surface area contributed by atoms with Crippen molar-refractivity contribution in [1.29, 1.82) is 0 Å². The van der Waals surface area contributed by atoms with Crippen LogP contribution in [0.2, 0.25) is 0 Å². The van der Waals surface area contributed by atoms with E-state index in [4.69, 9.17) is 4.74 Å². The zero-order valence-electron chi connectivity index (χ0n) is 20.2. The molecule has 2 aromatic carbocycles. The first-order chi connectivity index (χ1) is 17.5. The van der Waals surface area contributed by atoms with Crippen LogP contribution in [-0.4, -0.2) is 52.0 Å². The molecule has 3 aromatic rings. The van der Waals surface area contributed by atoms with Gasteiger partial charge in [0.1, 0.15) is 11.8 Å². The quantitative estimate of drug-likeness (QED) is 0.295. The van der Waals surface area contributed by atoms with Crippen molar-refractivity contribution >= 4 is 56.7 Å². The summed E-state index contributed by atoms with van der Waals surface area (Å²) >= 11 is 2.92. The molecule has 7 nitrogen and oxygen atoms in total. The lowest BCUT2D eigenvalue weighted by molar-refractivity contribution is -0.139. The van der Waals surface area contributed by atoms with Crippen LogP contribution in [-0.2, 0) is 14.4 Å². The van der Waals surface area contributed by atoms with E-state index >= 15 is 0 Å². The Morgan fingerprint density at radius 3 is 2.67 bits per heavy atom. The number of para-hydroxylation sites is 1. The highest BCUT2D eigenvalue weighted by Gasteiger charge is 2.46. The van der Waals surface area contributed by atoms with Crippen LogP contribution in [0.4, 0.5) is 5.69 Å². The molecule has 1 aliphatic heterocycles. The van der Waals surface area contributed by atoms with E-state index in [2.05, 4.69) is 4.98 Å². The minimum Gasteiger partial charge on any atom is -0.494 e. The summed E-state index contributed by atoms with van der Waals surface area (Å²) in [4.78, 5) is 47.6. The fraction of sp³-hybridized carbons (Fsp3) is 0.407. The Morgan fingerprint density at radius 1 is 1.14 bits per heavy atom. The maximum atomic E-state index is 13.6. The van der Waals surface area contributed by atoms with Crippen molar-refractivity contribution in [3.8, 4) is 5.75 Å². The van der Waals surface area contributed by atoms with Gasteiger partial charge in [-0.3, -0.25) is 14.4 Å². The average Bonchev–Trinajstić information content (AvgIpc) is 3.43. The molecule has 9 heteroatoms. The number of carbonyl (C=O) groups is 3. The second-order valence-corrected chi connectivity index (χ2v) is 11.3. The van der Waals surface area contributed by atoms with Crippen molar-refractivity contribution in [3.63, 3.8) is 0 Å². The number of thiazole rings is 1. The monoisotopic (exact) mass is 523 g/mol. The number of hydrogen-bond donors (Lipinski definition) is 0. The van der Waals surface area contributed by atoms with E-state index in [1.54, 1.807) is 29.2 Å². The Kier molecular flexibility index (Phi) is 7.57. The van der Waals surface area contributed by atoms with Crippen molar-refractivity contribution < 1.29 is 19.1 Å². The highest BCUT2D eigenvalue weighted by molar-refractivity contribution is 8.01. The Balaban J connectivity index is 1.34. The minimum atomic E-state index is -0.752. The molecule has 0 radical (unpaired) electrons. The van der Waals surface area contributed by atoms with E-state index in [-0.39, 0.29) is 35.9 Å². The number of hydrogen-bond acceptors (Lipinski definition) is 7. The zero-order valence-corrected chi connectivity index (χ0v) is 21.9. The van der Waals surface area contributed by atoms with Gasteiger partial charge in [0.05, 0.1) is 34.7 Å². The third-order valence-electron chi connectivity index (χ3n) is 6.70. The first-order valence-electron chi connectivity index (χ1n) is 12.4. The molecule has 2 fully saturated rings. The summed E-state index contributed by atoms with van der Waals surface area (Å²) in [6, 6.07) is 14.0. The molecule has 1 aliphatic carbocycles. The van der Waals surface area contributed by atoms with Gasteiger partial charge in [0.15, 0.2) is 4.34 Å². The van der Waals surface area contributed by atoms with E-state index in [9.17, 15) is 14.4 Å². The van der Waals surface area contributed by atoms with Crippen LogP contribution >= 0.6 is 23.1 Å². The van der Waals surface area contributed by atoms with Gasteiger partial charge in [-0.25, -0.2) is 9.88 Å². The maximum Gasteiger partial charge on any atom is 0.257 e. The van der Waals surface area contributed by atoms with Gasteiger partial charge in [-0.05, 0) is 50.1 Å². The van der Waals surface area contributed by atoms with E-state index in [1.165, 1.54) is 28.0 Å². The number of ether oxygens (including phenoxy) is 1. The standard InChI is InChI=1S/C27H29N3O4S2/c1-2-34-20-13-14-21-23(15-20)36-27(28-21)35-17-25(32)29(18-9-5-3-6-10-18)22-16-24(31)30(26(22)33)19-11-7-4-8-12-19/h4,7-8,11-15,18,22H,2-3,5-6,9-10,16-17H2,1H3. The number of aromatic nitrogens is 1. The van der Waals surface area contributed by atoms with E-state index < -0.39 is 6.04 Å². The summed E-state index contributed by atoms with van der Waals surface area (Å²) in [5.74, 6) is 0.310. The first-order valence-corrected chi connectivity index (χ1v) is 14.2. The van der Waals surface area contributed by atoms with Crippen LogP contribution in [0.1, 0.15) is 45.4 Å². The summed E-state index contributed by atoms with van der Waals surface area (Å²) < 4.78 is 7.39. The summed E-state index contributed by atoms with van der Waals surface area (Å²) in [5, 5.41) is 0. The van der Waals surface area contributed by atoms with Crippen LogP contribution in [0.25, 0.3) is 10.2 Å². The summed E-state index contributed by atoms with van der Waals surface area (Å²) in [6.45, 7) is 2.55. The summed E-state index contributed by atoms with van der Waals surface area (Å²) in [7, 11) is 0. The lowest BCUT2D eigenvalue weighted by Crippen LogP contribution is -2.52. The molecule has 2 aliphatic rings. The van der Waals surface area contributed by atoms with Crippen molar-refractivity contribution in [2.75, 3.05) is 17.3 Å². The smallest absolute Gasteiger partial charge is 0.257 e. The molecule has 1 saturated heterocycles. The third kappa shape index (κ3) is 5.13. The topological polar surface area (TPSA) is 79.8 Å². The second-order valence-electron chi connectivity index (χ2n) is 9.05. The van der Waals surface area contributed by atoms with Gasteiger partial charge in [-0.15, -0.1) is 11.3 Å². The van der Waals surface area contributed by atoms with Crippen molar-refractivity contribution in [2.24, 2.45) is 0 Å². The fourth-order valence-electron chi connectivity index (χ4n) is 5.07. The molecule has 0 N–H and O–H groups in total. The Morgan fingerprint density at radius 2 is 1.92 bits per heavy atom. The molecule has 3 amide bonds. The van der Waals surface area contributed by atoms with Crippen LogP contribution in [0.15, 0.2) is 52.9 Å². The van der Waals surface area contributed by atoms with Crippen molar-refractivity contribution in [1.82, 2.24) is 9.88 Å². The normalized spacial score (nSPS) is 18.7. The van der Waals surface area contributed by atoms with Gasteiger partial charge in [-0.1, -0.05) is 49.2 Å². The summed E-state index contributed by atoms with van der Waals surface area (Å²) in [6.07, 6.45) is 4.94. The molecule has 188 valence electrons. The van der Waals surface area contributed by atoms with Crippen molar-refractivity contribution in [3.05, 3.63) is 48.5 Å². The molecule has 2 heterocycles. The molecule has 0 spiro atoms. The van der Waals surface area contributed by atoms with Crippen LogP contribution in [0.3, 0.4) is 0 Å². The molecule has 0 bridgehead atoms. The first kappa shape index (κ1) is 24.8. The molecule has 1 unspecified atom stereocenters. The number of benzene rings is 2. The highest BCUT2D eigenvalue weighted by atomic mass is 32.2. The van der Waals surface area contributed by atoms with Crippen LogP contribution in [0, 0.1) is 0 Å². The van der Waals surface area contributed by atoms with Crippen LogP contribution < -0.4 is 9.64 Å². The predicted molar refractivity (Wildman–Crippen MR) is 143 cm³/mol. The SMILES string of the molecule is CCOc1ccc2nc(SCC(=O)N(C3CCCCC3)C3CC(=O)N(c4ccccc4)C3=O)sc2c1. The van der Waals surface area contributed by atoms with E-state index in [0.29, 0.717) is 12.3 Å². The number of thioether (sulfide) groups is 1. The van der Waals surface area contributed by atoms with Gasteiger partial charge in [0.2, 0.25) is 11.8 Å². The number of carbonyl (C=O) groups excluding carboxylic acids is 3. The minimum absolute atomic E-state index is 0.0200. The van der Waals surface area contributed by atoms with Gasteiger partial charge < -0.3 is 9.64 Å². The van der Waals surface area contributed by atoms with E-state index in [1.807, 2.05) is 31.2 Å². The number of anilines is 1. The Hall–Kier alpha value is -2.91. The molecule has 5 rings (SSSR count). The number of amides is 3. The molecule has 1 atom stereocenters.